The van der Waals surface area contributed by atoms with Gasteiger partial charge in [-0.3, -0.25) is 4.90 Å². The van der Waals surface area contributed by atoms with Crippen molar-refractivity contribution < 1.29 is 14.3 Å². The highest BCUT2D eigenvalue weighted by Crippen LogP contribution is 2.22. The number of benzene rings is 1. The molecule has 0 aromatic heterocycles. The lowest BCUT2D eigenvalue weighted by Gasteiger charge is -2.32. The monoisotopic (exact) mass is 271 g/mol. The van der Waals surface area contributed by atoms with Gasteiger partial charge in [0.05, 0.1) is 20.3 Å². The molecule has 1 heterocycles. The van der Waals surface area contributed by atoms with Gasteiger partial charge in [-0.05, 0) is 5.56 Å². The van der Waals surface area contributed by atoms with Crippen LogP contribution in [-0.2, 0) is 14.3 Å². The van der Waals surface area contributed by atoms with Gasteiger partial charge < -0.3 is 9.47 Å². The van der Waals surface area contributed by atoms with Gasteiger partial charge in [-0.1, -0.05) is 30.3 Å². The van der Waals surface area contributed by atoms with E-state index in [1.54, 1.807) is 0 Å². The summed E-state index contributed by atoms with van der Waals surface area (Å²) in [5.74, 6) is -0.210. The molecule has 0 amide bonds. The number of carbonyl (C=O) groups is 1. The van der Waals surface area contributed by atoms with Crippen LogP contribution < -0.4 is 0 Å². The summed E-state index contributed by atoms with van der Waals surface area (Å²) in [5.41, 5.74) is 0.973. The second-order valence-corrected chi connectivity index (χ2v) is 3.98. The van der Waals surface area contributed by atoms with Crippen molar-refractivity contribution in [2.75, 3.05) is 33.4 Å². The summed E-state index contributed by atoms with van der Waals surface area (Å²) < 4.78 is 10.2. The Morgan fingerprint density at radius 1 is 1.28 bits per heavy atom. The van der Waals surface area contributed by atoms with Crippen LogP contribution in [0, 0.1) is 0 Å². The Morgan fingerprint density at radius 2 is 1.89 bits per heavy atom. The summed E-state index contributed by atoms with van der Waals surface area (Å²) in [6.45, 7) is 2.85. The highest BCUT2D eigenvalue weighted by molar-refractivity contribution is 5.85. The number of hydrogen-bond acceptors (Lipinski definition) is 4. The van der Waals surface area contributed by atoms with E-state index in [1.807, 2.05) is 30.3 Å². The Morgan fingerprint density at radius 3 is 2.44 bits per heavy atom. The highest BCUT2D eigenvalue weighted by atomic mass is 35.5. The molecule has 0 aliphatic carbocycles. The van der Waals surface area contributed by atoms with Crippen LogP contribution in [0.15, 0.2) is 30.3 Å². The van der Waals surface area contributed by atoms with Crippen molar-refractivity contribution in [3.05, 3.63) is 35.9 Å². The van der Waals surface area contributed by atoms with Gasteiger partial charge in [0.25, 0.3) is 0 Å². The number of morpholine rings is 1. The molecule has 2 rings (SSSR count). The number of carbonyl (C=O) groups excluding carboxylic acids is 1. The van der Waals surface area contributed by atoms with Gasteiger partial charge in [-0.2, -0.15) is 0 Å². The summed E-state index contributed by atoms with van der Waals surface area (Å²) in [7, 11) is 1.43. The van der Waals surface area contributed by atoms with Gasteiger partial charge >= 0.3 is 5.97 Å². The Labute approximate surface area is 113 Å². The highest BCUT2D eigenvalue weighted by Gasteiger charge is 2.29. The van der Waals surface area contributed by atoms with E-state index in [1.165, 1.54) is 7.11 Å². The van der Waals surface area contributed by atoms with Gasteiger partial charge in [0.15, 0.2) is 0 Å². The molecule has 1 aromatic rings. The molecule has 0 radical (unpaired) electrons. The average Bonchev–Trinajstić information content (AvgIpc) is 2.41. The number of nitrogens with zero attached hydrogens (tertiary/aromatic N) is 1. The Balaban J connectivity index is 0.00000162. The van der Waals surface area contributed by atoms with Crippen molar-refractivity contribution >= 4 is 18.4 Å². The molecule has 0 bridgehead atoms. The molecule has 1 unspecified atom stereocenters. The van der Waals surface area contributed by atoms with Gasteiger partial charge in [0.1, 0.15) is 6.04 Å². The van der Waals surface area contributed by atoms with Crippen LogP contribution in [-0.4, -0.2) is 44.3 Å². The fraction of sp³-hybridized carbons (Fsp3) is 0.462. The molecule has 18 heavy (non-hydrogen) atoms. The molecule has 1 aliphatic rings. The summed E-state index contributed by atoms with van der Waals surface area (Å²) in [6, 6.07) is 9.41. The first-order valence-corrected chi connectivity index (χ1v) is 5.77. The lowest BCUT2D eigenvalue weighted by molar-refractivity contribution is -0.149. The van der Waals surface area contributed by atoms with E-state index in [0.717, 1.165) is 18.7 Å². The Bertz CT molecular complexity index is 366. The first kappa shape index (κ1) is 15.0. The van der Waals surface area contributed by atoms with Crippen LogP contribution in [0.25, 0.3) is 0 Å². The molecule has 1 atom stereocenters. The molecule has 1 saturated heterocycles. The van der Waals surface area contributed by atoms with Crippen LogP contribution in [0.2, 0.25) is 0 Å². The minimum atomic E-state index is -0.315. The predicted octanol–water partition coefficient (Wildman–Crippen LogP) is 1.65. The van der Waals surface area contributed by atoms with Gasteiger partial charge in [-0.25, -0.2) is 4.79 Å². The van der Waals surface area contributed by atoms with E-state index >= 15 is 0 Å². The van der Waals surface area contributed by atoms with Crippen molar-refractivity contribution in [2.24, 2.45) is 0 Å². The molecular weight excluding hydrogens is 254 g/mol. The predicted molar refractivity (Wildman–Crippen MR) is 70.8 cm³/mol. The third kappa shape index (κ3) is 3.45. The van der Waals surface area contributed by atoms with Crippen molar-refractivity contribution in [3.63, 3.8) is 0 Å². The number of methoxy groups -OCH3 is 1. The van der Waals surface area contributed by atoms with Crippen LogP contribution in [0.3, 0.4) is 0 Å². The van der Waals surface area contributed by atoms with Crippen molar-refractivity contribution in [2.45, 2.75) is 6.04 Å². The summed E-state index contributed by atoms with van der Waals surface area (Å²) in [6.07, 6.45) is 0. The number of esters is 1. The Kier molecular flexibility index (Phi) is 6.12. The average molecular weight is 272 g/mol. The zero-order chi connectivity index (χ0) is 12.1. The maximum absolute atomic E-state index is 11.9. The number of halogens is 1. The SMILES string of the molecule is COC(=O)C(c1ccccc1)N1CCOCC1.Cl. The zero-order valence-corrected chi connectivity index (χ0v) is 11.2. The molecule has 100 valence electrons. The third-order valence-corrected chi connectivity index (χ3v) is 2.95. The zero-order valence-electron chi connectivity index (χ0n) is 10.4. The summed E-state index contributed by atoms with van der Waals surface area (Å²) in [4.78, 5) is 14.0. The molecule has 5 heteroatoms. The maximum atomic E-state index is 11.9. The van der Waals surface area contributed by atoms with E-state index in [-0.39, 0.29) is 24.4 Å². The lowest BCUT2D eigenvalue weighted by Crippen LogP contribution is -2.42. The van der Waals surface area contributed by atoms with Crippen LogP contribution in [0.5, 0.6) is 0 Å². The van der Waals surface area contributed by atoms with Crippen molar-refractivity contribution in [1.82, 2.24) is 4.90 Å². The minimum Gasteiger partial charge on any atom is -0.468 e. The largest absolute Gasteiger partial charge is 0.468 e. The molecular formula is C13H18ClNO3. The van der Waals surface area contributed by atoms with Crippen LogP contribution in [0.1, 0.15) is 11.6 Å². The maximum Gasteiger partial charge on any atom is 0.327 e. The van der Waals surface area contributed by atoms with E-state index in [9.17, 15) is 4.79 Å². The molecule has 0 N–H and O–H groups in total. The quantitative estimate of drug-likeness (QED) is 0.784. The van der Waals surface area contributed by atoms with Gasteiger partial charge in [0.2, 0.25) is 0 Å². The molecule has 0 saturated carbocycles. The van der Waals surface area contributed by atoms with E-state index in [4.69, 9.17) is 9.47 Å². The smallest absolute Gasteiger partial charge is 0.327 e. The van der Waals surface area contributed by atoms with Crippen LogP contribution >= 0.6 is 12.4 Å². The fourth-order valence-electron chi connectivity index (χ4n) is 2.08. The van der Waals surface area contributed by atoms with Gasteiger partial charge in [-0.15, -0.1) is 12.4 Å². The number of hydrogen-bond donors (Lipinski definition) is 0. The van der Waals surface area contributed by atoms with Crippen LogP contribution in [0.4, 0.5) is 0 Å². The summed E-state index contributed by atoms with van der Waals surface area (Å²) in [5, 5.41) is 0. The molecule has 4 nitrogen and oxygen atoms in total. The Hall–Kier alpha value is -1.10. The first-order chi connectivity index (χ1) is 8.33. The topological polar surface area (TPSA) is 38.8 Å². The normalized spacial score (nSPS) is 17.6. The second kappa shape index (κ2) is 7.36. The minimum absolute atomic E-state index is 0. The van der Waals surface area contributed by atoms with Crippen molar-refractivity contribution in [1.29, 1.82) is 0 Å². The van der Waals surface area contributed by atoms with Gasteiger partial charge in [0, 0.05) is 13.1 Å². The van der Waals surface area contributed by atoms with E-state index < -0.39 is 0 Å². The molecule has 0 spiro atoms. The third-order valence-electron chi connectivity index (χ3n) is 2.95. The molecule has 1 aromatic carbocycles. The van der Waals surface area contributed by atoms with Crippen molar-refractivity contribution in [3.8, 4) is 0 Å². The number of rotatable bonds is 3. The van der Waals surface area contributed by atoms with E-state index in [0.29, 0.717) is 13.2 Å². The molecule has 1 aliphatic heterocycles. The fourth-order valence-corrected chi connectivity index (χ4v) is 2.08. The standard InChI is InChI=1S/C13H17NO3.ClH/c1-16-13(15)12(11-5-3-2-4-6-11)14-7-9-17-10-8-14;/h2-6,12H,7-10H2,1H3;1H. The second-order valence-electron chi connectivity index (χ2n) is 3.98. The number of ether oxygens (including phenoxy) is 2. The summed E-state index contributed by atoms with van der Waals surface area (Å²) >= 11 is 0. The first-order valence-electron chi connectivity index (χ1n) is 5.77. The molecule has 1 fully saturated rings. The lowest BCUT2D eigenvalue weighted by atomic mass is 10.1. The van der Waals surface area contributed by atoms with E-state index in [2.05, 4.69) is 4.90 Å².